The first kappa shape index (κ1) is 28.1. The lowest BCUT2D eigenvalue weighted by Crippen LogP contribution is -2.34. The van der Waals surface area contributed by atoms with Crippen LogP contribution in [0.25, 0.3) is 16.9 Å². The minimum Gasteiger partial charge on any atom is -0.440 e. The van der Waals surface area contributed by atoms with E-state index in [0.29, 0.717) is 19.0 Å². The number of nitrogens with one attached hydrogen (secondary N) is 1. The number of aromatic nitrogens is 4. The van der Waals surface area contributed by atoms with Gasteiger partial charge in [0.25, 0.3) is 0 Å². The summed E-state index contributed by atoms with van der Waals surface area (Å²) in [6.45, 7) is 9.75. The van der Waals surface area contributed by atoms with E-state index in [9.17, 15) is 5.21 Å². The van der Waals surface area contributed by atoms with Crippen molar-refractivity contribution < 1.29 is 14.7 Å². The van der Waals surface area contributed by atoms with E-state index in [4.69, 9.17) is 9.72 Å². The first-order valence-corrected chi connectivity index (χ1v) is 12.7. The Hall–Kier alpha value is -3.17. The van der Waals surface area contributed by atoms with Gasteiger partial charge in [-0.1, -0.05) is 58.0 Å². The van der Waals surface area contributed by atoms with Crippen molar-refractivity contribution in [2.24, 2.45) is 0 Å². The first-order valence-electron chi connectivity index (χ1n) is 11.9. The van der Waals surface area contributed by atoms with Crippen LogP contribution in [0.15, 0.2) is 65.4 Å². The number of benzene rings is 1. The van der Waals surface area contributed by atoms with Crippen molar-refractivity contribution in [2.75, 3.05) is 32.6 Å². The minimum atomic E-state index is 0.402. The van der Waals surface area contributed by atoms with Gasteiger partial charge in [-0.15, -0.1) is 0 Å². The van der Waals surface area contributed by atoms with Gasteiger partial charge in [-0.05, 0) is 36.1 Å². The summed E-state index contributed by atoms with van der Waals surface area (Å²) in [4.78, 5) is 6.76. The van der Waals surface area contributed by atoms with Gasteiger partial charge in [-0.25, -0.2) is 4.98 Å². The Morgan fingerprint density at radius 2 is 1.80 bits per heavy atom. The molecule has 4 aromatic rings. The van der Waals surface area contributed by atoms with E-state index in [1.165, 1.54) is 0 Å². The lowest BCUT2D eigenvalue weighted by molar-refractivity contribution is -0.906. The van der Waals surface area contributed by atoms with Crippen molar-refractivity contribution in [1.82, 2.24) is 19.5 Å². The second-order valence-corrected chi connectivity index (χ2v) is 8.20. The average Bonchev–Trinajstić information content (AvgIpc) is 3.27. The molecule has 2 N–H and O–H groups in total. The molecule has 0 saturated heterocycles. The molecule has 0 unspecified atom stereocenters. The molecule has 0 aliphatic rings. The number of pyridine rings is 1. The number of fused-ring (bicyclic) bond motifs is 1. The molecule has 0 saturated carbocycles. The quantitative estimate of drug-likeness (QED) is 0.232. The fourth-order valence-electron chi connectivity index (χ4n) is 3.08. The fourth-order valence-corrected chi connectivity index (χ4v) is 3.43. The van der Waals surface area contributed by atoms with Crippen LogP contribution in [-0.4, -0.2) is 52.0 Å². The monoisotopic (exact) mass is 543 g/mol. The van der Waals surface area contributed by atoms with E-state index >= 15 is 0 Å². The molecule has 3 aromatic heterocycles. The van der Waals surface area contributed by atoms with E-state index in [-0.39, 0.29) is 0 Å². The standard InChI is InChI=1S/C22H24BrN6O2.2C2H6/c1-27(2)10-11-31-21-9-8-16(15-28(21)30)13-24-20-12-19(17-6-4-3-5-7-17)26-22-18(23)14-25-29(20)22;2*1-2/h3-9,12,14-15,24,30H,10-11,13H2,1-2H3;2*1-2H3/q+1;;. The van der Waals surface area contributed by atoms with Crippen LogP contribution in [0.3, 0.4) is 0 Å². The van der Waals surface area contributed by atoms with Gasteiger partial charge < -0.3 is 15.0 Å². The zero-order chi connectivity index (χ0) is 25.8. The largest absolute Gasteiger partial charge is 0.440 e. The molecule has 8 nitrogen and oxygen atoms in total. The van der Waals surface area contributed by atoms with Crippen molar-refractivity contribution in [2.45, 2.75) is 34.2 Å². The Kier molecular flexibility index (Phi) is 11.5. The number of halogens is 1. The first-order chi connectivity index (χ1) is 17.0. The lowest BCUT2D eigenvalue weighted by atomic mass is 10.1. The van der Waals surface area contributed by atoms with Crippen LogP contribution in [0.4, 0.5) is 5.82 Å². The number of nitrogens with zero attached hydrogens (tertiary/aromatic N) is 5. The molecule has 0 fully saturated rings. The van der Waals surface area contributed by atoms with Gasteiger partial charge in [0, 0.05) is 35.0 Å². The Balaban J connectivity index is 0.00000103. The van der Waals surface area contributed by atoms with Crippen LogP contribution in [0, 0.1) is 0 Å². The van der Waals surface area contributed by atoms with Crippen LogP contribution in [0.2, 0.25) is 0 Å². The topological polar surface area (TPSA) is 78.8 Å². The maximum Gasteiger partial charge on any atom is 0.416 e. The van der Waals surface area contributed by atoms with Gasteiger partial charge in [-0.3, -0.25) is 5.21 Å². The zero-order valence-electron chi connectivity index (χ0n) is 21.4. The third-order valence-electron chi connectivity index (χ3n) is 4.71. The van der Waals surface area contributed by atoms with Crippen LogP contribution in [0.1, 0.15) is 33.3 Å². The summed E-state index contributed by atoms with van der Waals surface area (Å²) in [6, 6.07) is 15.6. The smallest absolute Gasteiger partial charge is 0.416 e. The number of likely N-dealkylation sites (N-methyl/N-ethyl adjacent to an activating group) is 1. The van der Waals surface area contributed by atoms with Gasteiger partial charge in [0.05, 0.1) is 22.4 Å². The molecular weight excluding hydrogens is 508 g/mol. The second-order valence-electron chi connectivity index (χ2n) is 7.35. The maximum atomic E-state index is 10.2. The van der Waals surface area contributed by atoms with Crippen LogP contribution >= 0.6 is 15.9 Å². The van der Waals surface area contributed by atoms with Gasteiger partial charge in [0.1, 0.15) is 12.4 Å². The lowest BCUT2D eigenvalue weighted by Gasteiger charge is -2.11. The van der Waals surface area contributed by atoms with Crippen molar-refractivity contribution >= 4 is 27.4 Å². The Morgan fingerprint density at radius 3 is 2.46 bits per heavy atom. The van der Waals surface area contributed by atoms with Gasteiger partial charge in [0.15, 0.2) is 5.65 Å². The Labute approximate surface area is 216 Å². The van der Waals surface area contributed by atoms with Crippen molar-refractivity contribution in [1.29, 1.82) is 0 Å². The number of hydrogen-bond donors (Lipinski definition) is 2. The number of ether oxygens (including phenoxy) is 1. The summed E-state index contributed by atoms with van der Waals surface area (Å²) in [5.74, 6) is 1.20. The predicted molar refractivity (Wildman–Crippen MR) is 144 cm³/mol. The normalized spacial score (nSPS) is 10.3. The highest BCUT2D eigenvalue weighted by atomic mass is 79.9. The van der Waals surface area contributed by atoms with E-state index in [0.717, 1.165) is 44.0 Å². The number of anilines is 1. The summed E-state index contributed by atoms with van der Waals surface area (Å²) in [5.41, 5.74) is 3.48. The van der Waals surface area contributed by atoms with Crippen LogP contribution < -0.4 is 14.8 Å². The van der Waals surface area contributed by atoms with Crippen LogP contribution in [0.5, 0.6) is 5.88 Å². The molecule has 0 atom stereocenters. The predicted octanol–water partition coefficient (Wildman–Crippen LogP) is 5.29. The highest BCUT2D eigenvalue weighted by molar-refractivity contribution is 9.10. The summed E-state index contributed by atoms with van der Waals surface area (Å²) in [6.07, 6.45) is 3.36. The highest BCUT2D eigenvalue weighted by Gasteiger charge is 2.15. The molecule has 0 amide bonds. The minimum absolute atomic E-state index is 0.402. The molecule has 0 radical (unpaired) electrons. The van der Waals surface area contributed by atoms with Gasteiger partial charge in [-0.2, -0.15) is 9.61 Å². The maximum absolute atomic E-state index is 10.2. The number of rotatable bonds is 8. The molecule has 0 aliphatic carbocycles. The van der Waals surface area contributed by atoms with Crippen molar-refractivity contribution in [3.63, 3.8) is 0 Å². The van der Waals surface area contributed by atoms with E-state index < -0.39 is 0 Å². The SMILES string of the molecule is CC.CC.CN(C)CCOc1ccc(CNc2cc(-c3ccccc3)nc3c(Br)cnn23)c[n+]1O. The summed E-state index contributed by atoms with van der Waals surface area (Å²) in [5, 5.41) is 18.0. The molecular formula is C26H36BrN6O2+. The molecule has 3 heterocycles. The van der Waals surface area contributed by atoms with E-state index in [1.807, 2.05) is 89.2 Å². The third kappa shape index (κ3) is 7.66. The third-order valence-corrected chi connectivity index (χ3v) is 5.27. The fraction of sp³-hybridized carbons (Fsp3) is 0.346. The molecule has 0 bridgehead atoms. The second kappa shape index (κ2) is 14.3. The molecule has 188 valence electrons. The van der Waals surface area contributed by atoms with E-state index in [1.54, 1.807) is 23.0 Å². The number of hydrogen-bond acceptors (Lipinski definition) is 6. The molecule has 0 aliphatic heterocycles. The highest BCUT2D eigenvalue weighted by Crippen LogP contribution is 2.26. The molecule has 0 spiro atoms. The summed E-state index contributed by atoms with van der Waals surface area (Å²) in [7, 11) is 3.95. The van der Waals surface area contributed by atoms with Gasteiger partial charge >= 0.3 is 5.88 Å². The van der Waals surface area contributed by atoms with E-state index in [2.05, 4.69) is 26.3 Å². The average molecular weight is 545 g/mol. The Bertz CT molecular complexity index is 1180. The molecule has 9 heteroatoms. The van der Waals surface area contributed by atoms with Crippen molar-refractivity contribution in [3.8, 4) is 17.1 Å². The Morgan fingerprint density at radius 1 is 1.09 bits per heavy atom. The van der Waals surface area contributed by atoms with Gasteiger partial charge in [0.2, 0.25) is 6.20 Å². The zero-order valence-corrected chi connectivity index (χ0v) is 23.0. The van der Waals surface area contributed by atoms with Crippen molar-refractivity contribution in [3.05, 3.63) is 71.0 Å². The molecule has 35 heavy (non-hydrogen) atoms. The summed E-state index contributed by atoms with van der Waals surface area (Å²) >= 11 is 3.52. The summed E-state index contributed by atoms with van der Waals surface area (Å²) < 4.78 is 9.19. The van der Waals surface area contributed by atoms with Crippen LogP contribution in [-0.2, 0) is 6.54 Å². The molecule has 4 rings (SSSR count). The molecule has 1 aromatic carbocycles.